The van der Waals surface area contributed by atoms with Crippen LogP contribution in [0.2, 0.25) is 0 Å². The molecule has 112 valence electrons. The Morgan fingerprint density at radius 3 is 2.65 bits per heavy atom. The van der Waals surface area contributed by atoms with Crippen LogP contribution in [0, 0.1) is 0 Å². The molecular formula is C17H27NO2. The lowest BCUT2D eigenvalue weighted by molar-refractivity contribution is -0.00787. The average Bonchev–Trinajstić information content (AvgIpc) is 2.52. The Hall–Kier alpha value is -1.06. The van der Waals surface area contributed by atoms with Crippen molar-refractivity contribution in [1.29, 1.82) is 0 Å². The summed E-state index contributed by atoms with van der Waals surface area (Å²) in [6.07, 6.45) is 4.94. The molecule has 0 saturated carbocycles. The molecule has 0 aromatic heterocycles. The zero-order chi connectivity index (χ0) is 14.2. The molecule has 1 saturated heterocycles. The first-order valence-corrected chi connectivity index (χ1v) is 7.93. The molecule has 0 spiro atoms. The third-order valence-corrected chi connectivity index (χ3v) is 3.72. The van der Waals surface area contributed by atoms with Gasteiger partial charge >= 0.3 is 0 Å². The second kappa shape index (κ2) is 8.28. The fourth-order valence-corrected chi connectivity index (χ4v) is 2.70. The van der Waals surface area contributed by atoms with Gasteiger partial charge in [-0.05, 0) is 49.9 Å². The lowest BCUT2D eigenvalue weighted by Crippen LogP contribution is -2.35. The molecule has 20 heavy (non-hydrogen) atoms. The number of ether oxygens (including phenoxy) is 2. The van der Waals surface area contributed by atoms with Gasteiger partial charge in [-0.1, -0.05) is 26.0 Å². The smallest absolute Gasteiger partial charge is 0.119 e. The van der Waals surface area contributed by atoms with E-state index < -0.39 is 0 Å². The number of likely N-dealkylation sites (N-methyl/N-ethyl adjacent to an activating group) is 1. The van der Waals surface area contributed by atoms with Crippen molar-refractivity contribution < 1.29 is 9.47 Å². The minimum Gasteiger partial charge on any atom is -0.494 e. The highest BCUT2D eigenvalue weighted by atomic mass is 16.5. The van der Waals surface area contributed by atoms with Crippen LogP contribution in [0.15, 0.2) is 24.3 Å². The number of hydrogen-bond acceptors (Lipinski definition) is 3. The van der Waals surface area contributed by atoms with E-state index in [9.17, 15) is 0 Å². The van der Waals surface area contributed by atoms with Crippen LogP contribution in [0.25, 0.3) is 0 Å². The molecule has 1 aliphatic rings. The third-order valence-electron chi connectivity index (χ3n) is 3.72. The lowest BCUT2D eigenvalue weighted by Gasteiger charge is -2.31. The van der Waals surface area contributed by atoms with Gasteiger partial charge < -0.3 is 14.8 Å². The predicted molar refractivity (Wildman–Crippen MR) is 82.2 cm³/mol. The van der Waals surface area contributed by atoms with Gasteiger partial charge in [-0.2, -0.15) is 0 Å². The van der Waals surface area contributed by atoms with Gasteiger partial charge in [0.05, 0.1) is 18.8 Å². The van der Waals surface area contributed by atoms with Crippen LogP contribution in [-0.4, -0.2) is 25.9 Å². The molecule has 0 aliphatic carbocycles. The Kier molecular flexibility index (Phi) is 6.34. The number of nitrogens with one attached hydrogen (secondary N) is 1. The van der Waals surface area contributed by atoms with Crippen molar-refractivity contribution in [3.63, 3.8) is 0 Å². The van der Waals surface area contributed by atoms with E-state index >= 15 is 0 Å². The highest BCUT2D eigenvalue weighted by Crippen LogP contribution is 2.27. The summed E-state index contributed by atoms with van der Waals surface area (Å²) in [6.45, 7) is 6.90. The molecule has 1 fully saturated rings. The van der Waals surface area contributed by atoms with Crippen LogP contribution in [0.3, 0.4) is 0 Å². The second-order valence-electron chi connectivity index (χ2n) is 5.36. The molecule has 2 unspecified atom stereocenters. The number of rotatable bonds is 7. The molecule has 3 heteroatoms. The average molecular weight is 277 g/mol. The van der Waals surface area contributed by atoms with Crippen molar-refractivity contribution >= 4 is 0 Å². The Labute approximate surface area is 122 Å². The van der Waals surface area contributed by atoms with E-state index in [1.807, 2.05) is 0 Å². The quantitative estimate of drug-likeness (QED) is 0.824. The maximum atomic E-state index is 5.95. The largest absolute Gasteiger partial charge is 0.494 e. The maximum absolute atomic E-state index is 5.95. The van der Waals surface area contributed by atoms with Crippen LogP contribution in [-0.2, 0) is 4.74 Å². The summed E-state index contributed by atoms with van der Waals surface area (Å²) in [5, 5.41) is 3.57. The third kappa shape index (κ3) is 4.22. The van der Waals surface area contributed by atoms with Crippen LogP contribution < -0.4 is 10.1 Å². The minimum absolute atomic E-state index is 0.292. The standard InChI is InChI=1S/C17H27NO2/c1-3-12-19-15-10-8-14(9-11-15)17(18-4-2)16-7-5-6-13-20-16/h8-11,16-18H,3-7,12-13H2,1-2H3. The van der Waals surface area contributed by atoms with Crippen LogP contribution in [0.1, 0.15) is 51.1 Å². The molecule has 1 aliphatic heterocycles. The molecule has 0 amide bonds. The Morgan fingerprint density at radius 1 is 1.25 bits per heavy atom. The minimum atomic E-state index is 0.292. The van der Waals surface area contributed by atoms with Crippen LogP contribution >= 0.6 is 0 Å². The first kappa shape index (κ1) is 15.3. The van der Waals surface area contributed by atoms with Crippen molar-refractivity contribution in [1.82, 2.24) is 5.32 Å². The molecule has 0 bridgehead atoms. The highest BCUT2D eigenvalue weighted by Gasteiger charge is 2.25. The summed E-state index contributed by atoms with van der Waals surface area (Å²) < 4.78 is 11.6. The van der Waals surface area contributed by atoms with Gasteiger partial charge in [-0.15, -0.1) is 0 Å². The van der Waals surface area contributed by atoms with Gasteiger partial charge in [-0.25, -0.2) is 0 Å². The Balaban J connectivity index is 2.04. The van der Waals surface area contributed by atoms with Gasteiger partial charge in [0.25, 0.3) is 0 Å². The maximum Gasteiger partial charge on any atom is 0.119 e. The Morgan fingerprint density at radius 2 is 2.05 bits per heavy atom. The normalized spacial score (nSPS) is 20.6. The fraction of sp³-hybridized carbons (Fsp3) is 0.647. The predicted octanol–water partition coefficient (Wildman–Crippen LogP) is 3.70. The van der Waals surface area contributed by atoms with E-state index in [0.29, 0.717) is 12.1 Å². The van der Waals surface area contributed by atoms with E-state index in [2.05, 4.69) is 43.4 Å². The SMILES string of the molecule is CCCOc1ccc(C(NCC)C2CCCCO2)cc1. The van der Waals surface area contributed by atoms with Crippen molar-refractivity contribution in [3.05, 3.63) is 29.8 Å². The second-order valence-corrected chi connectivity index (χ2v) is 5.36. The molecule has 3 nitrogen and oxygen atoms in total. The zero-order valence-electron chi connectivity index (χ0n) is 12.7. The first-order chi connectivity index (χ1) is 9.85. The summed E-state index contributed by atoms with van der Waals surface area (Å²) in [6, 6.07) is 8.75. The van der Waals surface area contributed by atoms with Crippen molar-refractivity contribution in [2.45, 2.75) is 51.7 Å². The van der Waals surface area contributed by atoms with E-state index in [1.54, 1.807) is 0 Å². The van der Waals surface area contributed by atoms with E-state index in [4.69, 9.17) is 9.47 Å². The van der Waals surface area contributed by atoms with E-state index in [1.165, 1.54) is 18.4 Å². The molecule has 1 heterocycles. The van der Waals surface area contributed by atoms with Gasteiger partial charge in [0.1, 0.15) is 5.75 Å². The van der Waals surface area contributed by atoms with Gasteiger partial charge in [-0.3, -0.25) is 0 Å². The number of hydrogen-bond donors (Lipinski definition) is 1. The van der Waals surface area contributed by atoms with Crippen molar-refractivity contribution in [3.8, 4) is 5.75 Å². The molecule has 2 atom stereocenters. The van der Waals surface area contributed by atoms with E-state index in [-0.39, 0.29) is 0 Å². The lowest BCUT2D eigenvalue weighted by atomic mass is 9.95. The van der Waals surface area contributed by atoms with Gasteiger partial charge in [0, 0.05) is 6.61 Å². The van der Waals surface area contributed by atoms with Crippen LogP contribution in [0.4, 0.5) is 0 Å². The monoisotopic (exact) mass is 277 g/mol. The summed E-state index contributed by atoms with van der Waals surface area (Å²) in [5.41, 5.74) is 1.29. The summed E-state index contributed by atoms with van der Waals surface area (Å²) >= 11 is 0. The van der Waals surface area contributed by atoms with E-state index in [0.717, 1.165) is 38.3 Å². The summed E-state index contributed by atoms with van der Waals surface area (Å²) in [7, 11) is 0. The molecular weight excluding hydrogens is 250 g/mol. The summed E-state index contributed by atoms with van der Waals surface area (Å²) in [5.74, 6) is 0.954. The summed E-state index contributed by atoms with van der Waals surface area (Å²) in [4.78, 5) is 0. The van der Waals surface area contributed by atoms with Gasteiger partial charge in [0.15, 0.2) is 0 Å². The number of benzene rings is 1. The fourth-order valence-electron chi connectivity index (χ4n) is 2.70. The molecule has 1 N–H and O–H groups in total. The van der Waals surface area contributed by atoms with Crippen LogP contribution in [0.5, 0.6) is 5.75 Å². The van der Waals surface area contributed by atoms with Crippen molar-refractivity contribution in [2.75, 3.05) is 19.8 Å². The van der Waals surface area contributed by atoms with Gasteiger partial charge in [0.2, 0.25) is 0 Å². The highest BCUT2D eigenvalue weighted by molar-refractivity contribution is 5.30. The molecule has 1 aromatic rings. The zero-order valence-corrected chi connectivity index (χ0v) is 12.7. The first-order valence-electron chi connectivity index (χ1n) is 7.93. The van der Waals surface area contributed by atoms with Crippen molar-refractivity contribution in [2.24, 2.45) is 0 Å². The molecule has 1 aromatic carbocycles. The molecule has 2 rings (SSSR count). The Bertz CT molecular complexity index is 371. The molecule has 0 radical (unpaired) electrons. The topological polar surface area (TPSA) is 30.5 Å².